The van der Waals surface area contributed by atoms with Gasteiger partial charge in [0.1, 0.15) is 11.9 Å². The third-order valence-corrected chi connectivity index (χ3v) is 6.24. The number of nitrogens with two attached hydrogens (primary N) is 2. The number of carbonyl (C=O) groups is 1. The van der Waals surface area contributed by atoms with E-state index in [1.807, 2.05) is 6.92 Å². The van der Waals surface area contributed by atoms with Crippen LogP contribution < -0.4 is 16.8 Å². The number of nitrogens with one attached hydrogen (secondary N) is 1. The fourth-order valence-corrected chi connectivity index (χ4v) is 4.76. The van der Waals surface area contributed by atoms with Crippen LogP contribution in [0.1, 0.15) is 44.2 Å². The first-order valence-electron chi connectivity index (χ1n) is 11.9. The Morgan fingerprint density at radius 3 is 2.61 bits per heavy atom. The molecule has 0 spiro atoms. The van der Waals surface area contributed by atoms with E-state index < -0.39 is 6.04 Å². The summed E-state index contributed by atoms with van der Waals surface area (Å²) >= 11 is 0. The molecule has 2 saturated heterocycles. The molecular formula is C24H39N7O2. The van der Waals surface area contributed by atoms with Crippen LogP contribution >= 0.6 is 0 Å². The smallest absolute Gasteiger partial charge is 0.234 e. The Hall–Kier alpha value is -2.49. The normalized spacial score (nSPS) is 24.2. The van der Waals surface area contributed by atoms with E-state index in [9.17, 15) is 4.79 Å². The number of ether oxygens (including phenoxy) is 1. The van der Waals surface area contributed by atoms with Gasteiger partial charge < -0.3 is 21.5 Å². The van der Waals surface area contributed by atoms with E-state index >= 15 is 0 Å². The van der Waals surface area contributed by atoms with E-state index in [0.717, 1.165) is 13.0 Å². The highest BCUT2D eigenvalue weighted by atomic mass is 16.5. The van der Waals surface area contributed by atoms with Crippen molar-refractivity contribution in [2.24, 2.45) is 21.5 Å². The number of amidine groups is 1. The van der Waals surface area contributed by atoms with Crippen molar-refractivity contribution < 1.29 is 9.53 Å². The summed E-state index contributed by atoms with van der Waals surface area (Å²) in [4.78, 5) is 25.8. The monoisotopic (exact) mass is 457 g/mol. The average molecular weight is 458 g/mol. The molecule has 9 nitrogen and oxygen atoms in total. The van der Waals surface area contributed by atoms with E-state index in [1.165, 1.54) is 37.1 Å². The number of benzene rings is 1. The minimum absolute atomic E-state index is 0.0119. The summed E-state index contributed by atoms with van der Waals surface area (Å²) in [6.45, 7) is 8.75. The second-order valence-corrected chi connectivity index (χ2v) is 9.06. The number of guanidine groups is 1. The van der Waals surface area contributed by atoms with Crippen molar-refractivity contribution in [2.45, 2.75) is 64.3 Å². The van der Waals surface area contributed by atoms with Crippen LogP contribution in [-0.2, 0) is 22.6 Å². The molecule has 0 aromatic heterocycles. The van der Waals surface area contributed by atoms with Gasteiger partial charge in [-0.1, -0.05) is 31.2 Å². The maximum atomic E-state index is 12.5. The standard InChI is InChI=1S/C24H39N7O2/c1-4-20-22(23(25)29-24(26)27-17(2)16-33-3)28-21(32)15-31(20)14-19-9-7-8-18(12-19)13-30-10-5-6-11-30/h7-9,12,17,20,22H,4-6,10-11,13-16H2,1-3H3,(H,28,32)(H4,25,26,27,29). The fraction of sp³-hybridized carbons (Fsp3) is 0.625. The highest BCUT2D eigenvalue weighted by Crippen LogP contribution is 2.20. The van der Waals surface area contributed by atoms with Gasteiger partial charge in [0, 0.05) is 26.2 Å². The Morgan fingerprint density at radius 2 is 1.94 bits per heavy atom. The minimum Gasteiger partial charge on any atom is -0.385 e. The fourth-order valence-electron chi connectivity index (χ4n) is 4.76. The molecule has 2 aliphatic rings. The summed E-state index contributed by atoms with van der Waals surface area (Å²) in [5.74, 6) is 0.292. The Labute approximate surface area is 197 Å². The van der Waals surface area contributed by atoms with E-state index in [1.54, 1.807) is 7.11 Å². The van der Waals surface area contributed by atoms with Crippen LogP contribution in [0.25, 0.3) is 0 Å². The Kier molecular flexibility index (Phi) is 9.22. The number of methoxy groups -OCH3 is 1. The molecule has 0 bridgehead atoms. The van der Waals surface area contributed by atoms with E-state index in [0.29, 0.717) is 19.7 Å². The maximum absolute atomic E-state index is 12.5. The third-order valence-electron chi connectivity index (χ3n) is 6.24. The van der Waals surface area contributed by atoms with Crippen LogP contribution in [0.3, 0.4) is 0 Å². The SMILES string of the molecule is CCC1C(C(N)=NC(N)=NC(C)COC)NC(=O)CN1Cc1cccc(CN2CCCC2)c1. The molecule has 33 heavy (non-hydrogen) atoms. The van der Waals surface area contributed by atoms with Crippen molar-refractivity contribution >= 4 is 17.7 Å². The minimum atomic E-state index is -0.421. The molecule has 3 atom stereocenters. The Bertz CT molecular complexity index is 851. The molecule has 0 aliphatic carbocycles. The number of carbonyl (C=O) groups excluding carboxylic acids is 1. The topological polar surface area (TPSA) is 122 Å². The summed E-state index contributed by atoms with van der Waals surface area (Å²) in [6.07, 6.45) is 3.38. The average Bonchev–Trinajstić information content (AvgIpc) is 3.26. The van der Waals surface area contributed by atoms with Gasteiger partial charge in [0.15, 0.2) is 0 Å². The largest absolute Gasteiger partial charge is 0.385 e. The summed E-state index contributed by atoms with van der Waals surface area (Å²) in [6, 6.07) is 8.14. The second-order valence-electron chi connectivity index (χ2n) is 9.06. The van der Waals surface area contributed by atoms with Crippen molar-refractivity contribution in [1.82, 2.24) is 15.1 Å². The molecule has 182 valence electrons. The van der Waals surface area contributed by atoms with E-state index in [2.05, 4.69) is 56.3 Å². The molecule has 1 aromatic carbocycles. The number of rotatable bonds is 9. The number of aliphatic imine (C=N–C) groups is 2. The van der Waals surface area contributed by atoms with Gasteiger partial charge >= 0.3 is 0 Å². The molecule has 2 heterocycles. The zero-order chi connectivity index (χ0) is 23.8. The van der Waals surface area contributed by atoms with Gasteiger partial charge in [0.05, 0.1) is 19.2 Å². The van der Waals surface area contributed by atoms with Crippen molar-refractivity contribution in [1.29, 1.82) is 0 Å². The van der Waals surface area contributed by atoms with Gasteiger partial charge in [-0.3, -0.25) is 14.6 Å². The zero-order valence-electron chi connectivity index (χ0n) is 20.2. The van der Waals surface area contributed by atoms with E-state index in [-0.39, 0.29) is 29.8 Å². The number of hydrogen-bond acceptors (Lipinski definition) is 5. The first-order valence-corrected chi connectivity index (χ1v) is 11.9. The van der Waals surface area contributed by atoms with E-state index in [4.69, 9.17) is 16.2 Å². The van der Waals surface area contributed by atoms with Crippen molar-refractivity contribution in [2.75, 3.05) is 33.4 Å². The van der Waals surface area contributed by atoms with Crippen LogP contribution in [0.5, 0.6) is 0 Å². The predicted molar refractivity (Wildman–Crippen MR) is 132 cm³/mol. The molecule has 1 aromatic rings. The summed E-state index contributed by atoms with van der Waals surface area (Å²) in [5.41, 5.74) is 14.8. The number of likely N-dealkylation sites (tertiary alicyclic amines) is 1. The number of hydrogen-bond donors (Lipinski definition) is 3. The lowest BCUT2D eigenvalue weighted by Gasteiger charge is -2.40. The summed E-state index contributed by atoms with van der Waals surface area (Å²) in [5, 5.41) is 3.00. The molecule has 9 heteroatoms. The maximum Gasteiger partial charge on any atom is 0.234 e. The van der Waals surface area contributed by atoms with Crippen LogP contribution in [0, 0.1) is 0 Å². The van der Waals surface area contributed by atoms with Crippen LogP contribution in [0.2, 0.25) is 0 Å². The van der Waals surface area contributed by atoms with Crippen LogP contribution in [0.15, 0.2) is 34.3 Å². The number of amides is 1. The first kappa shape index (κ1) is 25.1. The molecule has 2 fully saturated rings. The van der Waals surface area contributed by atoms with Crippen LogP contribution in [0.4, 0.5) is 0 Å². The predicted octanol–water partition coefficient (Wildman–Crippen LogP) is 1.07. The van der Waals surface area contributed by atoms with Crippen LogP contribution in [-0.4, -0.2) is 79.0 Å². The quantitative estimate of drug-likeness (QED) is 0.377. The number of piperazine rings is 1. The Balaban J connectivity index is 1.72. The molecular weight excluding hydrogens is 418 g/mol. The van der Waals surface area contributed by atoms with Gasteiger partial charge in [-0.2, -0.15) is 4.99 Å². The van der Waals surface area contributed by atoms with Gasteiger partial charge in [0.25, 0.3) is 0 Å². The molecule has 0 saturated carbocycles. The molecule has 1 amide bonds. The lowest BCUT2D eigenvalue weighted by atomic mass is 9.98. The lowest BCUT2D eigenvalue weighted by Crippen LogP contribution is -2.64. The molecule has 2 aliphatic heterocycles. The molecule has 5 N–H and O–H groups in total. The van der Waals surface area contributed by atoms with Crippen molar-refractivity contribution in [3.63, 3.8) is 0 Å². The Morgan fingerprint density at radius 1 is 1.24 bits per heavy atom. The summed E-state index contributed by atoms with van der Waals surface area (Å²) < 4.78 is 5.08. The summed E-state index contributed by atoms with van der Waals surface area (Å²) in [7, 11) is 1.61. The number of nitrogens with zero attached hydrogens (tertiary/aromatic N) is 4. The first-order chi connectivity index (χ1) is 15.9. The molecule has 3 unspecified atom stereocenters. The molecule has 3 rings (SSSR count). The van der Waals surface area contributed by atoms with Gasteiger partial charge in [-0.05, 0) is 50.4 Å². The van der Waals surface area contributed by atoms with Crippen molar-refractivity contribution in [3.8, 4) is 0 Å². The van der Waals surface area contributed by atoms with Gasteiger partial charge in [-0.15, -0.1) is 0 Å². The highest BCUT2D eigenvalue weighted by molar-refractivity contribution is 6.00. The van der Waals surface area contributed by atoms with Gasteiger partial charge in [0.2, 0.25) is 11.9 Å². The molecule has 0 radical (unpaired) electrons. The third kappa shape index (κ3) is 7.25. The van der Waals surface area contributed by atoms with Gasteiger partial charge in [-0.25, -0.2) is 4.99 Å². The lowest BCUT2D eigenvalue weighted by molar-refractivity contribution is -0.126. The zero-order valence-corrected chi connectivity index (χ0v) is 20.2. The van der Waals surface area contributed by atoms with Crippen molar-refractivity contribution in [3.05, 3.63) is 35.4 Å². The highest BCUT2D eigenvalue weighted by Gasteiger charge is 2.36. The second kappa shape index (κ2) is 12.1.